The van der Waals surface area contributed by atoms with Gasteiger partial charge >= 0.3 is 23.9 Å². The highest BCUT2D eigenvalue weighted by Crippen LogP contribution is 2.56. The fraction of sp³-hybridized carbons (Fsp3) is 0.714. The van der Waals surface area contributed by atoms with E-state index in [0.29, 0.717) is 13.4 Å². The van der Waals surface area contributed by atoms with Crippen molar-refractivity contribution in [2.45, 2.75) is 23.9 Å². The van der Waals surface area contributed by atoms with Gasteiger partial charge < -0.3 is 4.57 Å². The minimum atomic E-state index is -6.94. The fourth-order valence-corrected chi connectivity index (χ4v) is 1.08. The highest BCUT2D eigenvalue weighted by Gasteiger charge is 2.83. The molecule has 0 aliphatic heterocycles. The minimum Gasteiger partial charge on any atom is -0.315 e. The van der Waals surface area contributed by atoms with Gasteiger partial charge in [-0.1, -0.05) is 0 Å². The number of nitrogens with zero attached hydrogens (tertiary/aromatic N) is 3. The van der Waals surface area contributed by atoms with Crippen LogP contribution in [0, 0.1) is 0 Å². The molecule has 0 aliphatic rings. The minimum absolute atomic E-state index is 0.111. The first-order chi connectivity index (χ1) is 8.27. The van der Waals surface area contributed by atoms with Crippen LogP contribution in [0.4, 0.5) is 39.5 Å². The molecule has 0 aromatic carbocycles. The fourth-order valence-electron chi connectivity index (χ4n) is 1.08. The Morgan fingerprint density at radius 3 is 1.68 bits per heavy atom. The van der Waals surface area contributed by atoms with Gasteiger partial charge in [0, 0.05) is 7.05 Å². The van der Waals surface area contributed by atoms with Gasteiger partial charge in [-0.15, -0.1) is 10.2 Å². The SMILES string of the molecule is Cn1cnnc1C(F)(F)C(F)(F)C(F)(F)C(F)(F)F. The molecule has 1 aromatic rings. The lowest BCUT2D eigenvalue weighted by Gasteiger charge is -2.32. The predicted molar refractivity (Wildman–Crippen MR) is 40.8 cm³/mol. The molecule has 0 aliphatic carbocycles. The number of hydrogen-bond donors (Lipinski definition) is 0. The molecule has 0 N–H and O–H groups in total. The van der Waals surface area contributed by atoms with Crippen LogP contribution in [-0.2, 0) is 13.0 Å². The summed E-state index contributed by atoms with van der Waals surface area (Å²) in [6.45, 7) is 0. The molecule has 0 saturated carbocycles. The summed E-state index contributed by atoms with van der Waals surface area (Å²) in [6, 6.07) is 0. The summed E-state index contributed by atoms with van der Waals surface area (Å²) < 4.78 is 113. The van der Waals surface area contributed by atoms with Crippen molar-refractivity contribution in [3.05, 3.63) is 12.2 Å². The Morgan fingerprint density at radius 1 is 0.895 bits per heavy atom. The maximum absolute atomic E-state index is 13.2. The van der Waals surface area contributed by atoms with E-state index in [1.807, 2.05) is 0 Å². The monoisotopic (exact) mass is 301 g/mol. The van der Waals surface area contributed by atoms with Gasteiger partial charge in [0.1, 0.15) is 6.33 Å². The zero-order chi connectivity index (χ0) is 15.3. The summed E-state index contributed by atoms with van der Waals surface area (Å²) in [4.78, 5) is 0. The third kappa shape index (κ3) is 2.02. The lowest BCUT2D eigenvalue weighted by Crippen LogP contribution is -2.60. The molecule has 0 saturated heterocycles. The van der Waals surface area contributed by atoms with Crippen molar-refractivity contribution < 1.29 is 39.5 Å². The summed E-state index contributed by atoms with van der Waals surface area (Å²) >= 11 is 0. The van der Waals surface area contributed by atoms with E-state index in [-0.39, 0.29) is 4.57 Å². The molecule has 0 amide bonds. The van der Waals surface area contributed by atoms with Crippen molar-refractivity contribution in [2.75, 3.05) is 0 Å². The van der Waals surface area contributed by atoms with Crippen LogP contribution in [0.3, 0.4) is 0 Å². The molecule has 110 valence electrons. The Bertz CT molecular complexity index is 461. The van der Waals surface area contributed by atoms with Crippen molar-refractivity contribution in [2.24, 2.45) is 7.05 Å². The highest BCUT2D eigenvalue weighted by atomic mass is 19.4. The molecule has 0 fully saturated rings. The average Bonchev–Trinajstić information content (AvgIpc) is 2.62. The Hall–Kier alpha value is -1.49. The second-order valence-corrected chi connectivity index (χ2v) is 3.49. The molecule has 0 unspecified atom stereocenters. The van der Waals surface area contributed by atoms with E-state index in [2.05, 4.69) is 10.2 Å². The molecule has 3 nitrogen and oxygen atoms in total. The first-order valence-corrected chi connectivity index (χ1v) is 4.31. The van der Waals surface area contributed by atoms with Crippen LogP contribution in [0.5, 0.6) is 0 Å². The summed E-state index contributed by atoms with van der Waals surface area (Å²) in [6.07, 6.45) is -6.40. The average molecular weight is 301 g/mol. The van der Waals surface area contributed by atoms with E-state index in [0.717, 1.165) is 0 Å². The van der Waals surface area contributed by atoms with Crippen molar-refractivity contribution in [1.29, 1.82) is 0 Å². The Morgan fingerprint density at radius 2 is 1.37 bits per heavy atom. The lowest BCUT2D eigenvalue weighted by molar-refractivity contribution is -0.401. The van der Waals surface area contributed by atoms with Gasteiger partial charge in [0.05, 0.1) is 0 Å². The molecule has 12 heteroatoms. The molecule has 0 spiro atoms. The molecular weight excluding hydrogens is 297 g/mol. The highest BCUT2D eigenvalue weighted by molar-refractivity contribution is 5.09. The van der Waals surface area contributed by atoms with Gasteiger partial charge in [-0.2, -0.15) is 39.5 Å². The van der Waals surface area contributed by atoms with Gasteiger partial charge in [-0.25, -0.2) is 0 Å². The normalized spacial score (nSPS) is 14.8. The van der Waals surface area contributed by atoms with Crippen LogP contribution in [-0.4, -0.2) is 32.8 Å². The zero-order valence-corrected chi connectivity index (χ0v) is 8.82. The van der Waals surface area contributed by atoms with Gasteiger partial charge in [0.2, 0.25) is 5.82 Å². The van der Waals surface area contributed by atoms with Gasteiger partial charge in [-0.3, -0.25) is 0 Å². The summed E-state index contributed by atoms with van der Waals surface area (Å²) in [5.74, 6) is -21.5. The molecule has 1 heterocycles. The first-order valence-electron chi connectivity index (χ1n) is 4.31. The van der Waals surface area contributed by atoms with Crippen molar-refractivity contribution >= 4 is 0 Å². The van der Waals surface area contributed by atoms with E-state index < -0.39 is 29.8 Å². The van der Waals surface area contributed by atoms with Crippen molar-refractivity contribution in [1.82, 2.24) is 14.8 Å². The maximum Gasteiger partial charge on any atom is 0.460 e. The zero-order valence-electron chi connectivity index (χ0n) is 8.82. The molecule has 19 heavy (non-hydrogen) atoms. The molecule has 0 radical (unpaired) electrons. The molecule has 1 rings (SSSR count). The van der Waals surface area contributed by atoms with Crippen molar-refractivity contribution in [3.63, 3.8) is 0 Å². The summed E-state index contributed by atoms with van der Waals surface area (Å²) in [7, 11) is 0.686. The third-order valence-electron chi connectivity index (χ3n) is 2.14. The van der Waals surface area contributed by atoms with Gasteiger partial charge in [0.25, 0.3) is 0 Å². The number of halogens is 9. The molecular formula is C7H4F9N3. The van der Waals surface area contributed by atoms with Crippen LogP contribution in [0.15, 0.2) is 6.33 Å². The largest absolute Gasteiger partial charge is 0.460 e. The standard InChI is InChI=1S/C7H4F9N3/c1-19-2-17-18-3(19)4(8,9)5(10,11)6(12,13)7(14,15)16/h2H,1H3. The number of rotatable bonds is 3. The Kier molecular flexibility index (Phi) is 3.28. The van der Waals surface area contributed by atoms with Crippen LogP contribution in [0.1, 0.15) is 5.82 Å². The summed E-state index contributed by atoms with van der Waals surface area (Å²) in [5.41, 5.74) is 0. The van der Waals surface area contributed by atoms with Crippen LogP contribution < -0.4 is 0 Å². The van der Waals surface area contributed by atoms with Crippen LogP contribution >= 0.6 is 0 Å². The van der Waals surface area contributed by atoms with E-state index >= 15 is 0 Å². The van der Waals surface area contributed by atoms with E-state index in [9.17, 15) is 39.5 Å². The number of aryl methyl sites for hydroxylation is 1. The lowest BCUT2D eigenvalue weighted by atomic mass is 10.0. The van der Waals surface area contributed by atoms with Gasteiger partial charge in [-0.05, 0) is 0 Å². The van der Waals surface area contributed by atoms with E-state index in [4.69, 9.17) is 0 Å². The van der Waals surface area contributed by atoms with E-state index in [1.165, 1.54) is 0 Å². The quantitative estimate of drug-likeness (QED) is 0.804. The van der Waals surface area contributed by atoms with Crippen molar-refractivity contribution in [3.8, 4) is 0 Å². The Labute approximate surface area is 98.6 Å². The van der Waals surface area contributed by atoms with Crippen LogP contribution in [0.25, 0.3) is 0 Å². The maximum atomic E-state index is 13.2. The predicted octanol–water partition coefficient (Wildman–Crippen LogP) is 2.74. The topological polar surface area (TPSA) is 30.7 Å². The van der Waals surface area contributed by atoms with Gasteiger partial charge in [0.15, 0.2) is 0 Å². The smallest absolute Gasteiger partial charge is 0.315 e. The number of aromatic nitrogens is 3. The second kappa shape index (κ2) is 4.00. The Balaban J connectivity index is 3.38. The molecule has 0 atom stereocenters. The van der Waals surface area contributed by atoms with E-state index in [1.54, 1.807) is 0 Å². The third-order valence-corrected chi connectivity index (χ3v) is 2.14. The second-order valence-electron chi connectivity index (χ2n) is 3.49. The summed E-state index contributed by atoms with van der Waals surface area (Å²) in [5, 5.41) is 5.15. The number of alkyl halides is 9. The first kappa shape index (κ1) is 15.6. The van der Waals surface area contributed by atoms with Crippen LogP contribution in [0.2, 0.25) is 0 Å². The molecule has 0 bridgehead atoms. The number of hydrogen-bond acceptors (Lipinski definition) is 2. The molecule has 1 aromatic heterocycles.